The van der Waals surface area contributed by atoms with Crippen LogP contribution in [0, 0.1) is 5.82 Å². The minimum atomic E-state index is -4.76. The molecule has 2 saturated heterocycles. The van der Waals surface area contributed by atoms with E-state index in [0.29, 0.717) is 12.7 Å². The van der Waals surface area contributed by atoms with Crippen molar-refractivity contribution in [3.05, 3.63) is 35.8 Å². The van der Waals surface area contributed by atoms with Crippen molar-refractivity contribution in [3.63, 3.8) is 0 Å². The molecule has 9 nitrogen and oxygen atoms in total. The quantitative estimate of drug-likeness (QED) is 0.406. The molecular weight excluding hydrogens is 523 g/mol. The number of hydrogen-bond donors (Lipinski definition) is 4. The number of hydrogen-bond acceptors (Lipinski definition) is 8. The van der Waals surface area contributed by atoms with E-state index in [0.717, 1.165) is 6.07 Å². The van der Waals surface area contributed by atoms with E-state index in [9.17, 15) is 31.1 Å². The minimum absolute atomic E-state index is 0.0422. The van der Waals surface area contributed by atoms with Gasteiger partial charge in [-0.15, -0.1) is 0 Å². The van der Waals surface area contributed by atoms with Crippen molar-refractivity contribution in [2.24, 2.45) is 0 Å². The summed E-state index contributed by atoms with van der Waals surface area (Å²) in [6.45, 7) is 2.15. The van der Waals surface area contributed by atoms with Gasteiger partial charge in [-0.05, 0) is 44.9 Å². The normalized spacial score (nSPS) is 22.6. The van der Waals surface area contributed by atoms with E-state index in [-0.39, 0.29) is 44.8 Å². The van der Waals surface area contributed by atoms with Crippen molar-refractivity contribution < 1.29 is 35.5 Å². The second-order valence-electron chi connectivity index (χ2n) is 9.39. The number of nitrogens with zero attached hydrogens (tertiary/aromatic N) is 3. The third-order valence-corrected chi connectivity index (χ3v) is 7.94. The molecule has 4 N–H and O–H groups in total. The van der Waals surface area contributed by atoms with Crippen LogP contribution in [0.1, 0.15) is 31.7 Å². The molecule has 3 heterocycles. The third-order valence-electron chi connectivity index (χ3n) is 6.43. The van der Waals surface area contributed by atoms with Gasteiger partial charge in [0.2, 0.25) is 16.0 Å². The zero-order chi connectivity index (χ0) is 27.0. The molecule has 0 radical (unpaired) electrons. The fourth-order valence-corrected chi connectivity index (χ4v) is 5.62. The Labute approximate surface area is 210 Å². The van der Waals surface area contributed by atoms with Gasteiger partial charge in [0.05, 0.1) is 17.3 Å². The molecule has 0 amide bonds. The van der Waals surface area contributed by atoms with E-state index in [4.69, 9.17) is 0 Å². The van der Waals surface area contributed by atoms with Gasteiger partial charge in [-0.25, -0.2) is 26.9 Å². The second-order valence-corrected chi connectivity index (χ2v) is 11.1. The molecule has 0 spiro atoms. The van der Waals surface area contributed by atoms with Crippen LogP contribution >= 0.6 is 0 Å². The molecule has 204 valence electrons. The Bertz CT molecular complexity index is 1230. The minimum Gasteiger partial charge on any atom is -0.390 e. The zero-order valence-corrected chi connectivity index (χ0v) is 20.6. The lowest BCUT2D eigenvalue weighted by molar-refractivity contribution is -0.137. The molecule has 2 aromatic rings. The maximum absolute atomic E-state index is 15.3. The predicted molar refractivity (Wildman–Crippen MR) is 125 cm³/mol. The van der Waals surface area contributed by atoms with Gasteiger partial charge >= 0.3 is 6.18 Å². The average Bonchev–Trinajstić information content (AvgIpc) is 2.81. The Balaban J connectivity index is 1.61. The molecule has 2 atom stereocenters. The lowest BCUT2D eigenvalue weighted by atomic mass is 9.94. The van der Waals surface area contributed by atoms with E-state index in [2.05, 4.69) is 25.3 Å². The van der Waals surface area contributed by atoms with Crippen LogP contribution < -0.4 is 20.3 Å². The number of halogens is 5. The largest absolute Gasteiger partial charge is 0.421 e. The molecule has 4 rings (SSSR count). The third kappa shape index (κ3) is 6.27. The number of sulfonamides is 1. The van der Waals surface area contributed by atoms with Gasteiger partial charge < -0.3 is 20.6 Å². The van der Waals surface area contributed by atoms with Crippen molar-refractivity contribution in [3.8, 4) is 0 Å². The number of nitrogens with one attached hydrogen (secondary N) is 3. The summed E-state index contributed by atoms with van der Waals surface area (Å²) < 4.78 is 98.0. The Hall–Kier alpha value is -2.62. The summed E-state index contributed by atoms with van der Waals surface area (Å²) in [6.07, 6.45) is -5.08. The van der Waals surface area contributed by atoms with Crippen LogP contribution in [-0.4, -0.2) is 67.5 Å². The number of aliphatic hydroxyl groups is 1. The molecule has 0 saturated carbocycles. The molecule has 1 aromatic heterocycles. The van der Waals surface area contributed by atoms with Gasteiger partial charge in [-0.2, -0.15) is 18.2 Å². The first-order valence-electron chi connectivity index (χ1n) is 11.6. The Morgan fingerprint density at radius 2 is 1.95 bits per heavy atom. The monoisotopic (exact) mass is 550 g/mol. The summed E-state index contributed by atoms with van der Waals surface area (Å²) in [5.74, 6) is -2.05. The number of alkyl halides is 4. The van der Waals surface area contributed by atoms with Crippen LogP contribution in [0.4, 0.5) is 39.4 Å². The van der Waals surface area contributed by atoms with Crippen LogP contribution in [0.5, 0.6) is 0 Å². The summed E-state index contributed by atoms with van der Waals surface area (Å²) in [5, 5.41) is 15.4. The topological polar surface area (TPSA) is 119 Å². The maximum atomic E-state index is 15.3. The van der Waals surface area contributed by atoms with E-state index in [1.165, 1.54) is 17.0 Å². The molecule has 1 aromatic carbocycles. The highest BCUT2D eigenvalue weighted by atomic mass is 32.2. The van der Waals surface area contributed by atoms with Crippen molar-refractivity contribution in [1.29, 1.82) is 0 Å². The van der Waals surface area contributed by atoms with E-state index >= 15 is 4.39 Å². The van der Waals surface area contributed by atoms with Gasteiger partial charge in [0.15, 0.2) is 5.82 Å². The molecule has 15 heteroatoms. The number of rotatable bonds is 6. The first-order valence-corrected chi connectivity index (χ1v) is 13.1. The fraction of sp³-hybridized carbons (Fsp3) is 0.545. The Kier molecular flexibility index (Phi) is 7.61. The SMILES string of the molecule is CC1(O)CCN(c2nc(Nc3cccc(S(=O)(=O)N[C@@H]4CCNC[C@@H]4F)c3F)ncc2C(F)(F)F)CC1. The van der Waals surface area contributed by atoms with Gasteiger partial charge in [0.1, 0.15) is 22.4 Å². The van der Waals surface area contributed by atoms with Gasteiger partial charge in [0, 0.05) is 25.8 Å². The van der Waals surface area contributed by atoms with Crippen molar-refractivity contribution >= 4 is 27.5 Å². The summed E-state index contributed by atoms with van der Waals surface area (Å²) in [5.41, 5.74) is -2.50. The first kappa shape index (κ1) is 27.4. The highest BCUT2D eigenvalue weighted by Crippen LogP contribution is 2.38. The van der Waals surface area contributed by atoms with E-state index in [1.807, 2.05) is 0 Å². The molecule has 2 aliphatic rings. The van der Waals surface area contributed by atoms with Gasteiger partial charge in [-0.3, -0.25) is 0 Å². The Morgan fingerprint density at radius 3 is 2.59 bits per heavy atom. The Morgan fingerprint density at radius 1 is 1.24 bits per heavy atom. The number of aromatic nitrogens is 2. The molecule has 0 unspecified atom stereocenters. The first-order chi connectivity index (χ1) is 17.3. The molecule has 37 heavy (non-hydrogen) atoms. The lowest BCUT2D eigenvalue weighted by Gasteiger charge is -2.37. The highest BCUT2D eigenvalue weighted by molar-refractivity contribution is 7.89. The van der Waals surface area contributed by atoms with Crippen LogP contribution in [0.25, 0.3) is 0 Å². The molecule has 2 aliphatic heterocycles. The van der Waals surface area contributed by atoms with Crippen molar-refractivity contribution in [1.82, 2.24) is 20.0 Å². The van der Waals surface area contributed by atoms with Crippen LogP contribution in [0.15, 0.2) is 29.3 Å². The predicted octanol–water partition coefficient (Wildman–Crippen LogP) is 2.71. The average molecular weight is 551 g/mol. The van der Waals surface area contributed by atoms with Gasteiger partial charge in [-0.1, -0.05) is 6.07 Å². The summed E-state index contributed by atoms with van der Waals surface area (Å²) in [6, 6.07) is 2.37. The lowest BCUT2D eigenvalue weighted by Crippen LogP contribution is -2.50. The fourth-order valence-electron chi connectivity index (χ4n) is 4.23. The molecule has 0 aliphatic carbocycles. The molecule has 2 fully saturated rings. The van der Waals surface area contributed by atoms with Crippen LogP contribution in [0.2, 0.25) is 0 Å². The number of anilines is 3. The number of benzene rings is 1. The number of piperidine rings is 2. The van der Waals surface area contributed by atoms with E-state index < -0.39 is 61.8 Å². The molecule has 0 bridgehead atoms. The highest BCUT2D eigenvalue weighted by Gasteiger charge is 2.39. The standard InChI is InChI=1S/C22H27F5N6O3S/c1-21(34)6-9-33(10-7-21)19-13(22(25,26)27)11-29-20(31-19)30-16-3-2-4-17(18(16)24)37(35,36)32-15-5-8-28-12-14(15)23/h2-4,11,14-15,28,32,34H,5-10,12H2,1H3,(H,29,30,31)/t14-,15+/m0/s1. The summed E-state index contributed by atoms with van der Waals surface area (Å²) in [4.78, 5) is 8.22. The van der Waals surface area contributed by atoms with Crippen LogP contribution in [-0.2, 0) is 16.2 Å². The van der Waals surface area contributed by atoms with Crippen molar-refractivity contribution in [2.75, 3.05) is 36.4 Å². The summed E-state index contributed by atoms with van der Waals surface area (Å²) in [7, 11) is -4.45. The van der Waals surface area contributed by atoms with Crippen molar-refractivity contribution in [2.45, 2.75) is 55.1 Å². The second kappa shape index (κ2) is 10.3. The zero-order valence-electron chi connectivity index (χ0n) is 19.8. The van der Waals surface area contributed by atoms with Crippen LogP contribution in [0.3, 0.4) is 0 Å². The maximum Gasteiger partial charge on any atom is 0.421 e. The molecular formula is C22H27F5N6O3S. The summed E-state index contributed by atoms with van der Waals surface area (Å²) >= 11 is 0. The smallest absolute Gasteiger partial charge is 0.390 e. The van der Waals surface area contributed by atoms with E-state index in [1.54, 1.807) is 6.92 Å². The van der Waals surface area contributed by atoms with Gasteiger partial charge in [0.25, 0.3) is 0 Å².